The Morgan fingerprint density at radius 1 is 0.955 bits per heavy atom. The van der Waals surface area contributed by atoms with Crippen LogP contribution in [0.3, 0.4) is 0 Å². The number of Topliss-reactive ketones (excluding diaryl/α,β-unsaturated/α-hetero) is 1. The van der Waals surface area contributed by atoms with Crippen LogP contribution in [0.4, 0.5) is 4.79 Å². The second-order valence-electron chi connectivity index (χ2n) is 5.58. The molecular formula is C14H23NO7. The molecule has 0 heterocycles. The van der Waals surface area contributed by atoms with Crippen LogP contribution in [0.2, 0.25) is 0 Å². The average molecular weight is 317 g/mol. The van der Waals surface area contributed by atoms with Crippen LogP contribution in [-0.2, 0) is 28.6 Å². The average Bonchev–Trinajstić information content (AvgIpc) is 2.41. The van der Waals surface area contributed by atoms with Gasteiger partial charge in [-0.05, 0) is 20.8 Å². The summed E-state index contributed by atoms with van der Waals surface area (Å²) in [7, 11) is 2.36. The number of rotatable bonds is 7. The Balaban J connectivity index is 4.58. The summed E-state index contributed by atoms with van der Waals surface area (Å²) < 4.78 is 14.0. The Hall–Kier alpha value is -2.12. The van der Waals surface area contributed by atoms with Crippen LogP contribution in [0.5, 0.6) is 0 Å². The van der Waals surface area contributed by atoms with E-state index in [1.54, 1.807) is 20.8 Å². The molecule has 1 amide bonds. The lowest BCUT2D eigenvalue weighted by Crippen LogP contribution is -2.38. The standard InChI is InChI=1S/C14H23NO7/c1-14(2,3)22-13(19)15-8-10(16)9(6-11(17)20-4)7-12(18)21-5/h9H,6-8H2,1-5H3,(H,15,19). The van der Waals surface area contributed by atoms with Crippen molar-refractivity contribution < 1.29 is 33.4 Å². The Labute approximate surface area is 129 Å². The molecule has 0 saturated heterocycles. The van der Waals surface area contributed by atoms with Crippen molar-refractivity contribution >= 4 is 23.8 Å². The number of methoxy groups -OCH3 is 2. The van der Waals surface area contributed by atoms with Crippen molar-refractivity contribution in [1.29, 1.82) is 0 Å². The van der Waals surface area contributed by atoms with Gasteiger partial charge in [-0.25, -0.2) is 4.79 Å². The highest BCUT2D eigenvalue weighted by Gasteiger charge is 2.26. The van der Waals surface area contributed by atoms with Gasteiger partial charge in [0, 0.05) is 5.92 Å². The molecule has 0 rings (SSSR count). The summed E-state index contributed by atoms with van der Waals surface area (Å²) in [6.07, 6.45) is -1.28. The van der Waals surface area contributed by atoms with E-state index in [-0.39, 0.29) is 19.4 Å². The van der Waals surface area contributed by atoms with Gasteiger partial charge in [-0.1, -0.05) is 0 Å². The van der Waals surface area contributed by atoms with E-state index in [1.165, 1.54) is 14.2 Å². The van der Waals surface area contributed by atoms with E-state index in [4.69, 9.17) is 4.74 Å². The first kappa shape index (κ1) is 19.9. The summed E-state index contributed by atoms with van der Waals surface area (Å²) in [5.41, 5.74) is -0.690. The van der Waals surface area contributed by atoms with Crippen LogP contribution in [0.25, 0.3) is 0 Å². The molecule has 8 nitrogen and oxygen atoms in total. The zero-order valence-corrected chi connectivity index (χ0v) is 13.6. The molecule has 0 aliphatic rings. The number of carbonyl (C=O) groups is 4. The van der Waals surface area contributed by atoms with Gasteiger partial charge in [0.15, 0.2) is 5.78 Å². The molecule has 0 fully saturated rings. The normalized spacial score (nSPS) is 10.8. The molecule has 0 saturated carbocycles. The highest BCUT2D eigenvalue weighted by atomic mass is 16.6. The Bertz CT molecular complexity index is 407. The predicted octanol–water partition coefficient (Wildman–Crippen LogP) is 0.823. The maximum Gasteiger partial charge on any atom is 0.408 e. The Morgan fingerprint density at radius 3 is 1.77 bits per heavy atom. The lowest BCUT2D eigenvalue weighted by atomic mass is 9.96. The molecule has 22 heavy (non-hydrogen) atoms. The SMILES string of the molecule is COC(=O)CC(CC(=O)OC)C(=O)CNC(=O)OC(C)(C)C. The minimum absolute atomic E-state index is 0.263. The third-order valence-corrected chi connectivity index (χ3v) is 2.54. The van der Waals surface area contributed by atoms with Crippen LogP contribution in [0.1, 0.15) is 33.6 Å². The van der Waals surface area contributed by atoms with Crippen molar-refractivity contribution in [2.24, 2.45) is 5.92 Å². The van der Waals surface area contributed by atoms with Crippen LogP contribution >= 0.6 is 0 Å². The molecular weight excluding hydrogens is 294 g/mol. The fourth-order valence-electron chi connectivity index (χ4n) is 1.49. The number of alkyl carbamates (subject to hydrolysis) is 1. The molecule has 0 aliphatic heterocycles. The van der Waals surface area contributed by atoms with E-state index in [0.717, 1.165) is 0 Å². The molecule has 0 aromatic rings. The van der Waals surface area contributed by atoms with E-state index in [9.17, 15) is 19.2 Å². The number of hydrogen-bond acceptors (Lipinski definition) is 7. The van der Waals surface area contributed by atoms with Crippen LogP contribution in [-0.4, -0.2) is 50.2 Å². The lowest BCUT2D eigenvalue weighted by Gasteiger charge is -2.20. The molecule has 0 spiro atoms. The van der Waals surface area contributed by atoms with Gasteiger partial charge in [-0.3, -0.25) is 14.4 Å². The molecule has 0 aromatic carbocycles. The van der Waals surface area contributed by atoms with Gasteiger partial charge in [0.2, 0.25) is 0 Å². The highest BCUT2D eigenvalue weighted by Crippen LogP contribution is 2.12. The van der Waals surface area contributed by atoms with Crippen molar-refractivity contribution in [2.75, 3.05) is 20.8 Å². The Morgan fingerprint density at radius 2 is 1.41 bits per heavy atom. The summed E-state index contributed by atoms with van der Waals surface area (Å²) in [5, 5.41) is 2.29. The van der Waals surface area contributed by atoms with E-state index < -0.39 is 35.3 Å². The second kappa shape index (κ2) is 9.01. The second-order valence-corrected chi connectivity index (χ2v) is 5.58. The van der Waals surface area contributed by atoms with Gasteiger partial charge in [-0.2, -0.15) is 0 Å². The topological polar surface area (TPSA) is 108 Å². The first-order valence-electron chi connectivity index (χ1n) is 6.72. The van der Waals surface area contributed by atoms with Crippen molar-refractivity contribution in [1.82, 2.24) is 5.32 Å². The number of hydrogen-bond donors (Lipinski definition) is 1. The van der Waals surface area contributed by atoms with Gasteiger partial charge in [0.1, 0.15) is 5.60 Å². The molecule has 0 aromatic heterocycles. The van der Waals surface area contributed by atoms with Crippen molar-refractivity contribution in [3.63, 3.8) is 0 Å². The van der Waals surface area contributed by atoms with Gasteiger partial charge in [0.05, 0.1) is 33.6 Å². The van der Waals surface area contributed by atoms with E-state index in [1.807, 2.05) is 0 Å². The minimum atomic E-state index is -0.921. The molecule has 0 radical (unpaired) electrons. The van der Waals surface area contributed by atoms with E-state index in [0.29, 0.717) is 0 Å². The third-order valence-electron chi connectivity index (χ3n) is 2.54. The summed E-state index contributed by atoms with van der Waals surface area (Å²) in [6, 6.07) is 0. The minimum Gasteiger partial charge on any atom is -0.469 e. The van der Waals surface area contributed by atoms with Crippen LogP contribution in [0.15, 0.2) is 0 Å². The van der Waals surface area contributed by atoms with Gasteiger partial charge < -0.3 is 19.5 Å². The van der Waals surface area contributed by atoms with Crippen molar-refractivity contribution in [2.45, 2.75) is 39.2 Å². The van der Waals surface area contributed by atoms with Gasteiger partial charge in [-0.15, -0.1) is 0 Å². The van der Waals surface area contributed by atoms with Crippen LogP contribution < -0.4 is 5.32 Å². The zero-order chi connectivity index (χ0) is 17.3. The van der Waals surface area contributed by atoms with E-state index >= 15 is 0 Å². The number of nitrogens with one attached hydrogen (secondary N) is 1. The lowest BCUT2D eigenvalue weighted by molar-refractivity contribution is -0.147. The maximum atomic E-state index is 12.0. The summed E-state index contributed by atoms with van der Waals surface area (Å²) in [6.45, 7) is 4.71. The first-order valence-corrected chi connectivity index (χ1v) is 6.72. The largest absolute Gasteiger partial charge is 0.469 e. The fourth-order valence-corrected chi connectivity index (χ4v) is 1.49. The van der Waals surface area contributed by atoms with Gasteiger partial charge >= 0.3 is 18.0 Å². The zero-order valence-electron chi connectivity index (χ0n) is 13.6. The third kappa shape index (κ3) is 8.93. The highest BCUT2D eigenvalue weighted by molar-refractivity contribution is 5.91. The number of carbonyl (C=O) groups excluding carboxylic acids is 4. The molecule has 0 aliphatic carbocycles. The molecule has 0 bridgehead atoms. The molecule has 0 atom stereocenters. The maximum absolute atomic E-state index is 12.0. The quantitative estimate of drug-likeness (QED) is 0.547. The summed E-state index contributed by atoms with van der Waals surface area (Å²) in [4.78, 5) is 46.1. The fraction of sp³-hybridized carbons (Fsp3) is 0.714. The number of esters is 2. The molecule has 8 heteroatoms. The van der Waals surface area contributed by atoms with E-state index in [2.05, 4.69) is 14.8 Å². The number of ether oxygens (including phenoxy) is 3. The molecule has 126 valence electrons. The monoisotopic (exact) mass is 317 g/mol. The van der Waals surface area contributed by atoms with Crippen molar-refractivity contribution in [3.8, 4) is 0 Å². The molecule has 0 unspecified atom stereocenters. The first-order chi connectivity index (χ1) is 10.1. The predicted molar refractivity (Wildman–Crippen MR) is 76.0 cm³/mol. The van der Waals surface area contributed by atoms with Gasteiger partial charge in [0.25, 0.3) is 0 Å². The summed E-state index contributed by atoms with van der Waals surface area (Å²) >= 11 is 0. The van der Waals surface area contributed by atoms with Crippen LogP contribution in [0, 0.1) is 5.92 Å². The Kier molecular flexibility index (Phi) is 8.14. The number of amides is 1. The van der Waals surface area contributed by atoms with Crippen molar-refractivity contribution in [3.05, 3.63) is 0 Å². The smallest absolute Gasteiger partial charge is 0.408 e. The molecule has 1 N–H and O–H groups in total. The number of ketones is 1. The summed E-state index contributed by atoms with van der Waals surface area (Å²) in [5.74, 6) is -2.66.